The molecular weight excluding hydrogens is 304 g/mol. The number of nitrogens with zero attached hydrogens (tertiary/aromatic N) is 1. The average Bonchev–Trinajstić information content (AvgIpc) is 2.93. The zero-order chi connectivity index (χ0) is 17.1. The van der Waals surface area contributed by atoms with Gasteiger partial charge in [-0.3, -0.25) is 9.59 Å². The number of ether oxygens (including phenoxy) is 1. The smallest absolute Gasteiger partial charge is 0.255 e. The Balaban J connectivity index is 1.66. The fraction of sp³-hybridized carbons (Fsp3) is 0.263. The highest BCUT2D eigenvalue weighted by Gasteiger charge is 2.33. The van der Waals surface area contributed by atoms with Gasteiger partial charge in [-0.25, -0.2) is 0 Å². The summed E-state index contributed by atoms with van der Waals surface area (Å²) in [6.07, 6.45) is 0. The van der Waals surface area contributed by atoms with E-state index >= 15 is 0 Å². The van der Waals surface area contributed by atoms with E-state index in [0.29, 0.717) is 24.4 Å². The van der Waals surface area contributed by atoms with Crippen molar-refractivity contribution in [2.24, 2.45) is 0 Å². The van der Waals surface area contributed by atoms with Crippen molar-refractivity contribution < 1.29 is 14.3 Å². The molecule has 3 rings (SSSR count). The van der Waals surface area contributed by atoms with Gasteiger partial charge in [0.1, 0.15) is 11.8 Å². The van der Waals surface area contributed by atoms with Gasteiger partial charge in [0, 0.05) is 17.8 Å². The maximum absolute atomic E-state index is 12.5. The maximum Gasteiger partial charge on any atom is 0.255 e. The molecule has 0 aromatic heterocycles. The third-order valence-electron chi connectivity index (χ3n) is 4.13. The van der Waals surface area contributed by atoms with Crippen LogP contribution in [-0.4, -0.2) is 29.4 Å². The van der Waals surface area contributed by atoms with Gasteiger partial charge in [0.2, 0.25) is 5.91 Å². The first-order valence-electron chi connectivity index (χ1n) is 8.02. The molecule has 5 nitrogen and oxygen atoms in total. The van der Waals surface area contributed by atoms with Gasteiger partial charge in [-0.15, -0.1) is 0 Å². The molecule has 0 saturated heterocycles. The van der Waals surface area contributed by atoms with E-state index in [4.69, 9.17) is 4.74 Å². The van der Waals surface area contributed by atoms with Gasteiger partial charge in [0.15, 0.2) is 0 Å². The lowest BCUT2D eigenvalue weighted by molar-refractivity contribution is -0.120. The van der Waals surface area contributed by atoms with Crippen LogP contribution in [-0.2, 0) is 11.3 Å². The van der Waals surface area contributed by atoms with Crippen molar-refractivity contribution in [1.29, 1.82) is 0 Å². The van der Waals surface area contributed by atoms with Crippen molar-refractivity contribution in [2.45, 2.75) is 26.4 Å². The van der Waals surface area contributed by atoms with Gasteiger partial charge in [0.25, 0.3) is 5.91 Å². The standard InChI is InChI=1S/C19H20N2O3/c1-3-24-16-10-8-15(9-11-16)20-18(22)13(2)21-12-14-6-4-5-7-17(14)19(21)23/h4-11,13H,3,12H2,1-2H3,(H,20,22). The summed E-state index contributed by atoms with van der Waals surface area (Å²) in [5.74, 6) is 0.453. The summed E-state index contributed by atoms with van der Waals surface area (Å²) in [5.41, 5.74) is 2.32. The third kappa shape index (κ3) is 3.11. The van der Waals surface area contributed by atoms with Crippen molar-refractivity contribution in [3.8, 4) is 5.75 Å². The number of anilines is 1. The minimum Gasteiger partial charge on any atom is -0.494 e. The molecule has 2 aromatic rings. The summed E-state index contributed by atoms with van der Waals surface area (Å²) in [6.45, 7) is 4.73. The maximum atomic E-state index is 12.5. The molecule has 24 heavy (non-hydrogen) atoms. The summed E-state index contributed by atoms with van der Waals surface area (Å²) >= 11 is 0. The van der Waals surface area contributed by atoms with Crippen LogP contribution in [0.3, 0.4) is 0 Å². The largest absolute Gasteiger partial charge is 0.494 e. The summed E-state index contributed by atoms with van der Waals surface area (Å²) in [7, 11) is 0. The molecule has 1 N–H and O–H groups in total. The van der Waals surface area contributed by atoms with Crippen LogP contribution in [0.2, 0.25) is 0 Å². The van der Waals surface area contributed by atoms with Crippen molar-refractivity contribution in [1.82, 2.24) is 4.90 Å². The number of benzene rings is 2. The molecule has 0 bridgehead atoms. The molecule has 124 valence electrons. The van der Waals surface area contributed by atoms with Gasteiger partial charge in [-0.1, -0.05) is 18.2 Å². The Labute approximate surface area is 141 Å². The minimum atomic E-state index is -0.545. The molecule has 5 heteroatoms. The van der Waals surface area contributed by atoms with Crippen molar-refractivity contribution in [2.75, 3.05) is 11.9 Å². The van der Waals surface area contributed by atoms with Crippen molar-refractivity contribution in [3.05, 3.63) is 59.7 Å². The fourth-order valence-corrected chi connectivity index (χ4v) is 2.78. The van der Waals surface area contributed by atoms with E-state index in [0.717, 1.165) is 11.3 Å². The second-order valence-corrected chi connectivity index (χ2v) is 5.71. The zero-order valence-electron chi connectivity index (χ0n) is 13.8. The van der Waals surface area contributed by atoms with Crippen LogP contribution in [0.25, 0.3) is 0 Å². The van der Waals surface area contributed by atoms with Gasteiger partial charge < -0.3 is 15.0 Å². The van der Waals surface area contributed by atoms with E-state index < -0.39 is 6.04 Å². The van der Waals surface area contributed by atoms with Crippen molar-refractivity contribution in [3.63, 3.8) is 0 Å². The van der Waals surface area contributed by atoms with E-state index in [-0.39, 0.29) is 11.8 Å². The predicted molar refractivity (Wildman–Crippen MR) is 92.0 cm³/mol. The highest BCUT2D eigenvalue weighted by atomic mass is 16.5. The Morgan fingerprint density at radius 3 is 2.58 bits per heavy atom. The Hall–Kier alpha value is -2.82. The van der Waals surface area contributed by atoms with E-state index in [1.807, 2.05) is 25.1 Å². The topological polar surface area (TPSA) is 58.6 Å². The van der Waals surface area contributed by atoms with Gasteiger partial charge in [-0.05, 0) is 49.7 Å². The van der Waals surface area contributed by atoms with E-state index in [1.165, 1.54) is 0 Å². The Morgan fingerprint density at radius 2 is 1.92 bits per heavy atom. The van der Waals surface area contributed by atoms with E-state index in [1.54, 1.807) is 42.2 Å². The predicted octanol–water partition coefficient (Wildman–Crippen LogP) is 3.07. The monoisotopic (exact) mass is 324 g/mol. The quantitative estimate of drug-likeness (QED) is 0.919. The summed E-state index contributed by atoms with van der Waals surface area (Å²) in [6, 6.07) is 14.1. The molecule has 0 aliphatic carbocycles. The highest BCUT2D eigenvalue weighted by Crippen LogP contribution is 2.25. The van der Waals surface area contributed by atoms with Crippen LogP contribution < -0.4 is 10.1 Å². The Morgan fingerprint density at radius 1 is 1.21 bits per heavy atom. The molecule has 0 fully saturated rings. The number of carbonyl (C=O) groups is 2. The molecule has 1 aliphatic heterocycles. The summed E-state index contributed by atoms with van der Waals surface area (Å²) in [4.78, 5) is 26.5. The second kappa shape index (κ2) is 6.74. The van der Waals surface area contributed by atoms with Crippen LogP contribution in [0.15, 0.2) is 48.5 Å². The Bertz CT molecular complexity index is 755. The normalized spacial score (nSPS) is 14.2. The molecular formula is C19H20N2O3. The van der Waals surface area contributed by atoms with Crippen LogP contribution in [0.5, 0.6) is 5.75 Å². The average molecular weight is 324 g/mol. The van der Waals surface area contributed by atoms with Crippen LogP contribution in [0, 0.1) is 0 Å². The first-order valence-corrected chi connectivity index (χ1v) is 8.02. The zero-order valence-corrected chi connectivity index (χ0v) is 13.8. The number of hydrogen-bond acceptors (Lipinski definition) is 3. The summed E-state index contributed by atoms with van der Waals surface area (Å²) in [5, 5.41) is 2.85. The number of nitrogens with one attached hydrogen (secondary N) is 1. The number of fused-ring (bicyclic) bond motifs is 1. The van der Waals surface area contributed by atoms with Crippen LogP contribution in [0.4, 0.5) is 5.69 Å². The lowest BCUT2D eigenvalue weighted by Gasteiger charge is -2.23. The molecule has 1 aliphatic rings. The van der Waals surface area contributed by atoms with Gasteiger partial charge in [0.05, 0.1) is 6.61 Å². The SMILES string of the molecule is CCOc1ccc(NC(=O)C(C)N2Cc3ccccc3C2=O)cc1. The molecule has 0 spiro atoms. The number of amides is 2. The first kappa shape index (κ1) is 16.1. The molecule has 2 aromatic carbocycles. The van der Waals surface area contributed by atoms with Gasteiger partial charge in [-0.2, -0.15) is 0 Å². The molecule has 1 heterocycles. The Kier molecular flexibility index (Phi) is 4.51. The molecule has 0 saturated carbocycles. The van der Waals surface area contributed by atoms with E-state index in [2.05, 4.69) is 5.32 Å². The second-order valence-electron chi connectivity index (χ2n) is 5.71. The third-order valence-corrected chi connectivity index (χ3v) is 4.13. The van der Waals surface area contributed by atoms with E-state index in [9.17, 15) is 9.59 Å². The lowest BCUT2D eigenvalue weighted by Crippen LogP contribution is -2.42. The molecule has 0 radical (unpaired) electrons. The molecule has 2 amide bonds. The van der Waals surface area contributed by atoms with Gasteiger partial charge >= 0.3 is 0 Å². The van der Waals surface area contributed by atoms with Crippen molar-refractivity contribution >= 4 is 17.5 Å². The van der Waals surface area contributed by atoms with Crippen LogP contribution in [0.1, 0.15) is 29.8 Å². The van der Waals surface area contributed by atoms with Crippen LogP contribution >= 0.6 is 0 Å². The summed E-state index contributed by atoms with van der Waals surface area (Å²) < 4.78 is 5.38. The minimum absolute atomic E-state index is 0.0973. The number of hydrogen-bond donors (Lipinski definition) is 1. The lowest BCUT2D eigenvalue weighted by atomic mass is 10.1. The number of rotatable bonds is 5. The first-order chi connectivity index (χ1) is 11.6. The molecule has 1 atom stereocenters. The molecule has 1 unspecified atom stereocenters. The highest BCUT2D eigenvalue weighted by molar-refractivity contribution is 6.03. The fourth-order valence-electron chi connectivity index (χ4n) is 2.78. The number of carbonyl (C=O) groups excluding carboxylic acids is 2.